The summed E-state index contributed by atoms with van der Waals surface area (Å²) in [5.41, 5.74) is -0.502. The lowest BCUT2D eigenvalue weighted by Crippen LogP contribution is -2.48. The van der Waals surface area contributed by atoms with Crippen LogP contribution < -0.4 is 15.4 Å². The average Bonchev–Trinajstić information content (AvgIpc) is 2.85. The topological polar surface area (TPSA) is 87.7 Å². The minimum absolute atomic E-state index is 0.00145. The summed E-state index contributed by atoms with van der Waals surface area (Å²) in [6, 6.07) is 6.65. The van der Waals surface area contributed by atoms with Gasteiger partial charge in [0.15, 0.2) is 5.54 Å². The summed E-state index contributed by atoms with van der Waals surface area (Å²) in [6.07, 6.45) is 2.21. The number of nitrogens with one attached hydrogen (secondary N) is 2. The van der Waals surface area contributed by atoms with E-state index < -0.39 is 17.5 Å². The fraction of sp³-hybridized carbons (Fsp3) is 0.550. The van der Waals surface area contributed by atoms with Crippen molar-refractivity contribution in [2.24, 2.45) is 5.92 Å². The van der Waals surface area contributed by atoms with Crippen LogP contribution in [0.3, 0.4) is 0 Å². The molecule has 4 amide bonds. The number of para-hydroxylation sites is 1. The van der Waals surface area contributed by atoms with Gasteiger partial charge < -0.3 is 15.4 Å². The van der Waals surface area contributed by atoms with Crippen molar-refractivity contribution in [2.75, 3.05) is 13.2 Å². The Morgan fingerprint density at radius 2 is 2.00 bits per heavy atom. The first-order valence-corrected chi connectivity index (χ1v) is 9.49. The van der Waals surface area contributed by atoms with Crippen molar-refractivity contribution >= 4 is 17.8 Å². The average molecular weight is 373 g/mol. The minimum Gasteiger partial charge on any atom is -0.493 e. The van der Waals surface area contributed by atoms with E-state index in [2.05, 4.69) is 24.5 Å². The maximum atomic E-state index is 13.1. The third-order valence-corrected chi connectivity index (χ3v) is 5.14. The largest absolute Gasteiger partial charge is 0.493 e. The normalized spacial score (nSPS) is 22.4. The molecule has 2 aliphatic rings. The number of nitrogens with zero attached hydrogens (tertiary/aromatic N) is 1. The molecular weight excluding hydrogens is 346 g/mol. The molecule has 1 saturated heterocycles. The lowest BCUT2D eigenvalue weighted by atomic mass is 9.84. The highest BCUT2D eigenvalue weighted by atomic mass is 16.5. The first-order valence-electron chi connectivity index (χ1n) is 9.49. The number of imide groups is 1. The zero-order valence-electron chi connectivity index (χ0n) is 16.1. The van der Waals surface area contributed by atoms with Crippen LogP contribution in [0.4, 0.5) is 4.79 Å². The molecule has 27 heavy (non-hydrogen) atoms. The number of urea groups is 1. The number of carbonyl (C=O) groups excluding carboxylic acids is 3. The zero-order chi connectivity index (χ0) is 19.6. The zero-order valence-corrected chi connectivity index (χ0v) is 16.1. The fourth-order valence-electron chi connectivity index (χ4n) is 3.64. The van der Waals surface area contributed by atoms with Gasteiger partial charge in [0.1, 0.15) is 12.3 Å². The Hall–Kier alpha value is -2.57. The molecule has 0 saturated carbocycles. The van der Waals surface area contributed by atoms with E-state index in [1.165, 1.54) is 0 Å². The second-order valence-electron chi connectivity index (χ2n) is 7.76. The molecule has 1 aromatic rings. The van der Waals surface area contributed by atoms with Gasteiger partial charge in [-0.25, -0.2) is 4.79 Å². The van der Waals surface area contributed by atoms with E-state index in [4.69, 9.17) is 4.74 Å². The van der Waals surface area contributed by atoms with Crippen LogP contribution in [0.5, 0.6) is 5.75 Å². The van der Waals surface area contributed by atoms with Crippen molar-refractivity contribution < 1.29 is 19.1 Å². The number of ether oxygens (including phenoxy) is 1. The molecule has 1 spiro atoms. The number of rotatable bonds is 6. The lowest BCUT2D eigenvalue weighted by molar-refractivity contribution is -0.136. The first kappa shape index (κ1) is 19.2. The SMILES string of the molecule is CC(C)CCC(C)NC(=O)CN1C(=O)NC2(CCOc3ccccc32)C1=O. The number of hydrogen-bond donors (Lipinski definition) is 2. The molecule has 3 rings (SSSR count). The van der Waals surface area contributed by atoms with Crippen molar-refractivity contribution in [3.05, 3.63) is 29.8 Å². The van der Waals surface area contributed by atoms with Gasteiger partial charge in [-0.2, -0.15) is 0 Å². The van der Waals surface area contributed by atoms with E-state index in [-0.39, 0.29) is 18.5 Å². The van der Waals surface area contributed by atoms with Crippen LogP contribution in [0.2, 0.25) is 0 Å². The van der Waals surface area contributed by atoms with Crippen LogP contribution in [0.15, 0.2) is 24.3 Å². The number of carbonyl (C=O) groups is 3. The minimum atomic E-state index is -1.14. The van der Waals surface area contributed by atoms with Crippen LogP contribution in [-0.4, -0.2) is 41.9 Å². The third kappa shape index (κ3) is 3.77. The Bertz CT molecular complexity index is 748. The van der Waals surface area contributed by atoms with Gasteiger partial charge in [0.2, 0.25) is 5.91 Å². The molecule has 2 atom stereocenters. The molecule has 2 aliphatic heterocycles. The van der Waals surface area contributed by atoms with E-state index in [0.717, 1.165) is 17.7 Å². The molecule has 7 heteroatoms. The summed E-state index contributed by atoms with van der Waals surface area (Å²) in [7, 11) is 0. The summed E-state index contributed by atoms with van der Waals surface area (Å²) in [4.78, 5) is 38.9. The third-order valence-electron chi connectivity index (χ3n) is 5.14. The Morgan fingerprint density at radius 1 is 1.26 bits per heavy atom. The van der Waals surface area contributed by atoms with Crippen LogP contribution >= 0.6 is 0 Å². The van der Waals surface area contributed by atoms with Gasteiger partial charge in [0, 0.05) is 18.0 Å². The van der Waals surface area contributed by atoms with Crippen LogP contribution in [0, 0.1) is 5.92 Å². The molecule has 1 fully saturated rings. The van der Waals surface area contributed by atoms with E-state index in [1.54, 1.807) is 18.2 Å². The van der Waals surface area contributed by atoms with Crippen molar-refractivity contribution in [2.45, 2.75) is 51.6 Å². The van der Waals surface area contributed by atoms with Crippen molar-refractivity contribution in [1.82, 2.24) is 15.5 Å². The highest BCUT2D eigenvalue weighted by Crippen LogP contribution is 2.40. The van der Waals surface area contributed by atoms with Crippen molar-refractivity contribution in [1.29, 1.82) is 0 Å². The monoisotopic (exact) mass is 373 g/mol. The Kier molecular flexibility index (Phi) is 5.39. The highest BCUT2D eigenvalue weighted by molar-refractivity contribution is 6.09. The maximum Gasteiger partial charge on any atom is 0.325 e. The first-order chi connectivity index (χ1) is 12.8. The van der Waals surface area contributed by atoms with Gasteiger partial charge in [-0.1, -0.05) is 32.0 Å². The summed E-state index contributed by atoms with van der Waals surface area (Å²) in [6.45, 7) is 6.25. The van der Waals surface area contributed by atoms with Gasteiger partial charge in [-0.3, -0.25) is 14.5 Å². The maximum absolute atomic E-state index is 13.1. The predicted molar refractivity (Wildman–Crippen MR) is 100 cm³/mol. The summed E-state index contributed by atoms with van der Waals surface area (Å²) in [5.74, 6) is 0.426. The number of amides is 4. The Balaban J connectivity index is 1.70. The lowest BCUT2D eigenvalue weighted by Gasteiger charge is -2.33. The molecule has 7 nitrogen and oxygen atoms in total. The van der Waals surface area contributed by atoms with Gasteiger partial charge in [-0.15, -0.1) is 0 Å². The van der Waals surface area contributed by atoms with Gasteiger partial charge in [-0.05, 0) is 31.7 Å². The quantitative estimate of drug-likeness (QED) is 0.748. The fourth-order valence-corrected chi connectivity index (χ4v) is 3.64. The Morgan fingerprint density at radius 3 is 2.74 bits per heavy atom. The molecule has 2 unspecified atom stereocenters. The smallest absolute Gasteiger partial charge is 0.325 e. The van der Waals surface area contributed by atoms with E-state index >= 15 is 0 Å². The van der Waals surface area contributed by atoms with E-state index in [0.29, 0.717) is 30.3 Å². The van der Waals surface area contributed by atoms with E-state index in [1.807, 2.05) is 13.0 Å². The molecule has 0 aromatic heterocycles. The number of hydrogen-bond acceptors (Lipinski definition) is 4. The van der Waals surface area contributed by atoms with Gasteiger partial charge in [0.05, 0.1) is 6.61 Å². The van der Waals surface area contributed by atoms with Crippen molar-refractivity contribution in [3.63, 3.8) is 0 Å². The second kappa shape index (κ2) is 7.58. The van der Waals surface area contributed by atoms with Crippen LogP contribution in [0.1, 0.15) is 45.6 Å². The molecule has 2 heterocycles. The molecule has 0 radical (unpaired) electrons. The van der Waals surface area contributed by atoms with Crippen molar-refractivity contribution in [3.8, 4) is 5.75 Å². The molecule has 146 valence electrons. The molecule has 0 aliphatic carbocycles. The Labute approximate surface area is 159 Å². The molecular formula is C20H27N3O4. The summed E-state index contributed by atoms with van der Waals surface area (Å²) in [5, 5.41) is 5.68. The second-order valence-corrected chi connectivity index (χ2v) is 7.76. The number of benzene rings is 1. The predicted octanol–water partition coefficient (Wildman–Crippen LogP) is 2.16. The molecule has 0 bridgehead atoms. The highest BCUT2D eigenvalue weighted by Gasteiger charge is 2.55. The van der Waals surface area contributed by atoms with Crippen LogP contribution in [-0.2, 0) is 15.1 Å². The molecule has 2 N–H and O–H groups in total. The summed E-state index contributed by atoms with van der Waals surface area (Å²) >= 11 is 0. The van der Waals surface area contributed by atoms with E-state index in [9.17, 15) is 14.4 Å². The number of fused-ring (bicyclic) bond motifs is 2. The molecule has 1 aromatic carbocycles. The standard InChI is InChI=1S/C20H27N3O4/c1-13(2)8-9-14(3)21-17(24)12-23-18(25)20(22-19(23)26)10-11-27-16-7-5-4-6-15(16)20/h4-7,13-14H,8-12H2,1-3H3,(H,21,24)(H,22,26). The van der Waals surface area contributed by atoms with Gasteiger partial charge in [0.25, 0.3) is 5.91 Å². The summed E-state index contributed by atoms with van der Waals surface area (Å²) < 4.78 is 5.61. The van der Waals surface area contributed by atoms with Crippen LogP contribution in [0.25, 0.3) is 0 Å². The van der Waals surface area contributed by atoms with Gasteiger partial charge >= 0.3 is 6.03 Å².